The zero-order valence-corrected chi connectivity index (χ0v) is 10.9. The van der Waals surface area contributed by atoms with Gasteiger partial charge in [0.1, 0.15) is 11.5 Å². The van der Waals surface area contributed by atoms with Crippen molar-refractivity contribution in [3.05, 3.63) is 64.0 Å². The average molecular weight is 275 g/mol. The van der Waals surface area contributed by atoms with Crippen LogP contribution in [0.2, 0.25) is 0 Å². The predicted octanol–water partition coefficient (Wildman–Crippen LogP) is 2.95. The summed E-state index contributed by atoms with van der Waals surface area (Å²) in [5.74, 6) is -0.283. The number of hydrogen-bond acceptors (Lipinski definition) is 4. The number of hydrogen-bond donors (Lipinski definition) is 1. The number of nitro groups is 1. The van der Waals surface area contributed by atoms with Crippen LogP contribution < -0.4 is 10.6 Å². The lowest BCUT2D eigenvalue weighted by Crippen LogP contribution is -2.17. The van der Waals surface area contributed by atoms with Crippen molar-refractivity contribution in [1.82, 2.24) is 0 Å². The van der Waals surface area contributed by atoms with E-state index in [2.05, 4.69) is 0 Å². The lowest BCUT2D eigenvalue weighted by molar-refractivity contribution is -0.383. The van der Waals surface area contributed by atoms with Gasteiger partial charge in [0, 0.05) is 30.9 Å². The number of nitrogens with zero attached hydrogens (tertiary/aromatic N) is 2. The summed E-state index contributed by atoms with van der Waals surface area (Å²) in [4.78, 5) is 11.9. The lowest BCUT2D eigenvalue weighted by Gasteiger charge is -2.20. The monoisotopic (exact) mass is 275 g/mol. The quantitative estimate of drug-likeness (QED) is 0.529. The molecule has 104 valence electrons. The first kappa shape index (κ1) is 13.8. The van der Waals surface area contributed by atoms with Crippen LogP contribution in [0.4, 0.5) is 21.5 Å². The molecule has 0 saturated heterocycles. The molecule has 0 fully saturated rings. The molecule has 0 aliphatic heterocycles. The molecular weight excluding hydrogens is 261 g/mol. The molecule has 0 radical (unpaired) electrons. The van der Waals surface area contributed by atoms with Crippen LogP contribution in [0.15, 0.2) is 42.5 Å². The molecule has 2 N–H and O–H groups in total. The van der Waals surface area contributed by atoms with E-state index >= 15 is 0 Å². The maximum atomic E-state index is 13.6. The van der Waals surface area contributed by atoms with Gasteiger partial charge in [-0.2, -0.15) is 0 Å². The molecule has 0 saturated carbocycles. The zero-order chi connectivity index (χ0) is 14.7. The summed E-state index contributed by atoms with van der Waals surface area (Å²) in [7, 11) is 1.77. The van der Waals surface area contributed by atoms with Crippen molar-refractivity contribution in [2.24, 2.45) is 0 Å². The summed E-state index contributed by atoms with van der Waals surface area (Å²) in [6, 6.07) is 10.9. The summed E-state index contributed by atoms with van der Waals surface area (Å²) < 4.78 is 13.6. The average Bonchev–Trinajstić information content (AvgIpc) is 2.40. The minimum atomic E-state index is -0.532. The van der Waals surface area contributed by atoms with Crippen LogP contribution in [0.1, 0.15) is 5.56 Å². The fourth-order valence-corrected chi connectivity index (χ4v) is 1.92. The standard InChI is InChI=1S/C14H14FN3O2/c1-17(9-10-4-2-3-5-12(10)15)11-6-7-14(18(19)20)13(16)8-11/h2-8H,9,16H2,1H3. The maximum Gasteiger partial charge on any atom is 0.292 e. The number of anilines is 2. The number of benzene rings is 2. The van der Waals surface area contributed by atoms with Gasteiger partial charge in [0.15, 0.2) is 0 Å². The fourth-order valence-electron chi connectivity index (χ4n) is 1.92. The van der Waals surface area contributed by atoms with E-state index in [0.29, 0.717) is 17.8 Å². The highest BCUT2D eigenvalue weighted by Gasteiger charge is 2.13. The number of nitro benzene ring substituents is 1. The van der Waals surface area contributed by atoms with Crippen molar-refractivity contribution in [3.8, 4) is 0 Å². The second-order valence-electron chi connectivity index (χ2n) is 4.45. The smallest absolute Gasteiger partial charge is 0.292 e. The summed E-state index contributed by atoms with van der Waals surface area (Å²) in [5.41, 5.74) is 6.84. The van der Waals surface area contributed by atoms with Crippen LogP contribution in [0.5, 0.6) is 0 Å². The van der Waals surface area contributed by atoms with Crippen LogP contribution in [0.3, 0.4) is 0 Å². The van der Waals surface area contributed by atoms with Gasteiger partial charge in [0.25, 0.3) is 5.69 Å². The van der Waals surface area contributed by atoms with Gasteiger partial charge >= 0.3 is 0 Å². The molecule has 20 heavy (non-hydrogen) atoms. The van der Waals surface area contributed by atoms with E-state index < -0.39 is 4.92 Å². The molecule has 6 heteroatoms. The Bertz CT molecular complexity index is 646. The summed E-state index contributed by atoms with van der Waals surface area (Å²) >= 11 is 0. The number of halogens is 1. The Morgan fingerprint density at radius 1 is 1.30 bits per heavy atom. The van der Waals surface area contributed by atoms with Crippen LogP contribution in [-0.2, 0) is 6.54 Å². The van der Waals surface area contributed by atoms with Crippen molar-refractivity contribution < 1.29 is 9.31 Å². The molecule has 5 nitrogen and oxygen atoms in total. The van der Waals surface area contributed by atoms with E-state index in [1.807, 2.05) is 0 Å². The van der Waals surface area contributed by atoms with Gasteiger partial charge in [-0.3, -0.25) is 10.1 Å². The Morgan fingerprint density at radius 3 is 2.60 bits per heavy atom. The molecule has 0 bridgehead atoms. The highest BCUT2D eigenvalue weighted by molar-refractivity contribution is 5.66. The normalized spacial score (nSPS) is 10.3. The van der Waals surface area contributed by atoms with E-state index in [9.17, 15) is 14.5 Å². The molecule has 0 aliphatic rings. The first-order valence-electron chi connectivity index (χ1n) is 5.97. The van der Waals surface area contributed by atoms with Gasteiger partial charge in [-0.1, -0.05) is 18.2 Å². The van der Waals surface area contributed by atoms with Gasteiger partial charge in [0.2, 0.25) is 0 Å². The van der Waals surface area contributed by atoms with Crippen LogP contribution in [-0.4, -0.2) is 12.0 Å². The van der Waals surface area contributed by atoms with Gasteiger partial charge in [-0.15, -0.1) is 0 Å². The SMILES string of the molecule is CN(Cc1ccccc1F)c1ccc([N+](=O)[O-])c(N)c1. The number of nitrogens with two attached hydrogens (primary N) is 1. The third-order valence-electron chi connectivity index (χ3n) is 3.01. The Labute approximate surface area is 115 Å². The Balaban J connectivity index is 2.22. The van der Waals surface area contributed by atoms with Gasteiger partial charge in [-0.05, 0) is 18.2 Å². The largest absolute Gasteiger partial charge is 0.393 e. The Kier molecular flexibility index (Phi) is 3.84. The van der Waals surface area contributed by atoms with E-state index in [-0.39, 0.29) is 17.2 Å². The molecule has 0 aliphatic carbocycles. The van der Waals surface area contributed by atoms with E-state index in [0.717, 1.165) is 0 Å². The van der Waals surface area contributed by atoms with Gasteiger partial charge in [0.05, 0.1) is 4.92 Å². The topological polar surface area (TPSA) is 72.4 Å². The molecule has 0 aromatic heterocycles. The van der Waals surface area contributed by atoms with Crippen LogP contribution in [0, 0.1) is 15.9 Å². The second-order valence-corrected chi connectivity index (χ2v) is 4.45. The van der Waals surface area contributed by atoms with Gasteiger partial charge < -0.3 is 10.6 Å². The molecule has 0 heterocycles. The second kappa shape index (κ2) is 5.56. The van der Waals surface area contributed by atoms with Gasteiger partial charge in [-0.25, -0.2) is 4.39 Å². The first-order chi connectivity index (χ1) is 9.49. The molecule has 0 amide bonds. The third-order valence-corrected chi connectivity index (χ3v) is 3.01. The van der Waals surface area contributed by atoms with Crippen molar-refractivity contribution in [2.75, 3.05) is 17.7 Å². The molecule has 2 aromatic carbocycles. The first-order valence-corrected chi connectivity index (χ1v) is 5.97. The van der Waals surface area contributed by atoms with Crippen molar-refractivity contribution in [1.29, 1.82) is 0 Å². The third kappa shape index (κ3) is 2.85. The van der Waals surface area contributed by atoms with Crippen molar-refractivity contribution in [3.63, 3.8) is 0 Å². The minimum absolute atomic E-state index is 0.0906. The molecular formula is C14H14FN3O2. The highest BCUT2D eigenvalue weighted by atomic mass is 19.1. The van der Waals surface area contributed by atoms with Crippen LogP contribution >= 0.6 is 0 Å². The van der Waals surface area contributed by atoms with E-state index in [1.165, 1.54) is 18.2 Å². The molecule has 0 atom stereocenters. The molecule has 2 aromatic rings. The predicted molar refractivity (Wildman–Crippen MR) is 76.0 cm³/mol. The highest BCUT2D eigenvalue weighted by Crippen LogP contribution is 2.27. The maximum absolute atomic E-state index is 13.6. The van der Waals surface area contributed by atoms with E-state index in [4.69, 9.17) is 5.73 Å². The fraction of sp³-hybridized carbons (Fsp3) is 0.143. The van der Waals surface area contributed by atoms with Crippen LogP contribution in [0.25, 0.3) is 0 Å². The summed E-state index contributed by atoms with van der Waals surface area (Å²) in [5, 5.41) is 10.7. The number of nitrogen functional groups attached to an aromatic ring is 1. The summed E-state index contributed by atoms with van der Waals surface area (Å²) in [6.45, 7) is 0.351. The molecule has 0 unspecified atom stereocenters. The Morgan fingerprint density at radius 2 is 2.00 bits per heavy atom. The van der Waals surface area contributed by atoms with Crippen molar-refractivity contribution in [2.45, 2.75) is 6.54 Å². The summed E-state index contributed by atoms with van der Waals surface area (Å²) in [6.07, 6.45) is 0. The lowest BCUT2D eigenvalue weighted by atomic mass is 10.2. The molecule has 0 spiro atoms. The number of rotatable bonds is 4. The minimum Gasteiger partial charge on any atom is -0.393 e. The van der Waals surface area contributed by atoms with E-state index in [1.54, 1.807) is 36.2 Å². The zero-order valence-electron chi connectivity index (χ0n) is 10.9. The Hall–Kier alpha value is -2.63. The molecule has 2 rings (SSSR count). The van der Waals surface area contributed by atoms with Crippen molar-refractivity contribution >= 4 is 17.1 Å².